The highest BCUT2D eigenvalue weighted by atomic mass is 16.5. The van der Waals surface area contributed by atoms with Crippen LogP contribution < -0.4 is 29.0 Å². The summed E-state index contributed by atoms with van der Waals surface area (Å²) in [5.74, 6) is 3.13. The van der Waals surface area contributed by atoms with Crippen molar-refractivity contribution in [2.45, 2.75) is 64.7 Å². The predicted octanol–water partition coefficient (Wildman–Crippen LogP) is 7.40. The number of nitrogens with zero attached hydrogens (tertiary/aromatic N) is 6. The molecule has 6 rings (SSSR count). The second-order valence-electron chi connectivity index (χ2n) is 13.4. The van der Waals surface area contributed by atoms with Crippen LogP contribution >= 0.6 is 0 Å². The van der Waals surface area contributed by atoms with Crippen molar-refractivity contribution in [1.82, 2.24) is 19.8 Å². The van der Waals surface area contributed by atoms with Gasteiger partial charge in [0.15, 0.2) is 23.0 Å². The summed E-state index contributed by atoms with van der Waals surface area (Å²) in [4.78, 5) is 14.3. The van der Waals surface area contributed by atoms with Gasteiger partial charge in [0, 0.05) is 51.7 Å². The minimum Gasteiger partial charge on any atom is -0.493 e. The van der Waals surface area contributed by atoms with E-state index in [0.29, 0.717) is 31.9 Å². The van der Waals surface area contributed by atoms with Crippen LogP contribution in [-0.4, -0.2) is 85.0 Å². The standard InChI is InChI=1S/C42H54N6O4/c1-5-26-52-40-15-13-34(28-42(40)51-7-3)32-46-24-18-36(19-25-46)48(38-11-9-21-44-30-38)47(37-10-8-20-43-29-37)35-16-22-45(23-17-35)31-33-12-14-39(49-4)41(27-33)50-6-2/h5,8-15,20-21,27-30,35-36H,1,6-7,16-19,22-26,31-32H2,2-4H3. The Morgan fingerprint density at radius 3 is 1.58 bits per heavy atom. The summed E-state index contributed by atoms with van der Waals surface area (Å²) in [5, 5.41) is 5.08. The highest BCUT2D eigenvalue weighted by molar-refractivity contribution is 5.58. The smallest absolute Gasteiger partial charge is 0.161 e. The van der Waals surface area contributed by atoms with E-state index in [9.17, 15) is 0 Å². The predicted molar refractivity (Wildman–Crippen MR) is 207 cm³/mol. The SMILES string of the molecule is C=CCOc1ccc(CN2CCC(N(c3cccnc3)N(c3cccnc3)C3CCN(Cc4ccc(OC)c(OCC)c4)CC3)CC2)cc1OCC. The molecule has 2 fully saturated rings. The lowest BCUT2D eigenvalue weighted by Crippen LogP contribution is -2.59. The van der Waals surface area contributed by atoms with Crippen molar-refractivity contribution in [3.05, 3.63) is 109 Å². The minimum atomic E-state index is 0.309. The number of hydrogen-bond acceptors (Lipinski definition) is 10. The summed E-state index contributed by atoms with van der Waals surface area (Å²) in [6.45, 7) is 15.2. The van der Waals surface area contributed by atoms with Crippen LogP contribution in [-0.2, 0) is 13.1 Å². The molecule has 10 nitrogen and oxygen atoms in total. The zero-order valence-corrected chi connectivity index (χ0v) is 31.0. The summed E-state index contributed by atoms with van der Waals surface area (Å²) < 4.78 is 23.2. The van der Waals surface area contributed by atoms with E-state index in [1.165, 1.54) is 11.1 Å². The third-order valence-corrected chi connectivity index (χ3v) is 9.86. The monoisotopic (exact) mass is 706 g/mol. The third kappa shape index (κ3) is 9.35. The molecule has 2 aromatic carbocycles. The average Bonchev–Trinajstić information content (AvgIpc) is 3.18. The first kappa shape index (κ1) is 37.0. The van der Waals surface area contributed by atoms with Gasteiger partial charge in [-0.25, -0.2) is 0 Å². The number of hydrazine groups is 1. The van der Waals surface area contributed by atoms with E-state index in [-0.39, 0.29) is 0 Å². The van der Waals surface area contributed by atoms with Crippen LogP contribution in [0.15, 0.2) is 98.1 Å². The molecule has 2 aliphatic heterocycles. The van der Waals surface area contributed by atoms with E-state index in [0.717, 1.165) is 99.3 Å². The van der Waals surface area contributed by atoms with E-state index in [2.05, 4.69) is 72.8 Å². The van der Waals surface area contributed by atoms with Gasteiger partial charge < -0.3 is 18.9 Å². The first-order chi connectivity index (χ1) is 25.6. The van der Waals surface area contributed by atoms with Crippen molar-refractivity contribution in [3.8, 4) is 23.0 Å². The van der Waals surface area contributed by atoms with Crippen molar-refractivity contribution in [1.29, 1.82) is 0 Å². The molecule has 0 unspecified atom stereocenters. The van der Waals surface area contributed by atoms with Gasteiger partial charge in [-0.3, -0.25) is 29.8 Å². The fourth-order valence-corrected chi connectivity index (χ4v) is 7.44. The van der Waals surface area contributed by atoms with Gasteiger partial charge in [0.05, 0.1) is 56.2 Å². The molecule has 0 radical (unpaired) electrons. The Morgan fingerprint density at radius 2 is 1.15 bits per heavy atom. The van der Waals surface area contributed by atoms with Crippen LogP contribution in [0.4, 0.5) is 11.4 Å². The van der Waals surface area contributed by atoms with Gasteiger partial charge in [-0.05, 0) is 99.2 Å². The van der Waals surface area contributed by atoms with Gasteiger partial charge in [-0.1, -0.05) is 24.8 Å². The summed E-state index contributed by atoms with van der Waals surface area (Å²) in [5.41, 5.74) is 4.70. The molecule has 4 aromatic rings. The molecule has 0 N–H and O–H groups in total. The van der Waals surface area contributed by atoms with E-state index in [4.69, 9.17) is 18.9 Å². The quantitative estimate of drug-likeness (QED) is 0.0819. The first-order valence-electron chi connectivity index (χ1n) is 18.7. The lowest BCUT2D eigenvalue weighted by atomic mass is 10.00. The number of piperidine rings is 2. The largest absolute Gasteiger partial charge is 0.493 e. The van der Waals surface area contributed by atoms with Crippen molar-refractivity contribution in [2.24, 2.45) is 0 Å². The van der Waals surface area contributed by atoms with Crippen LogP contribution in [0, 0.1) is 0 Å². The Hall–Kier alpha value is -4.80. The van der Waals surface area contributed by atoms with E-state index in [1.54, 1.807) is 13.2 Å². The highest BCUT2D eigenvalue weighted by Gasteiger charge is 2.35. The number of anilines is 2. The third-order valence-electron chi connectivity index (χ3n) is 9.86. The van der Waals surface area contributed by atoms with Gasteiger partial charge in [0.2, 0.25) is 0 Å². The van der Waals surface area contributed by atoms with Crippen LogP contribution in [0.5, 0.6) is 23.0 Å². The second-order valence-corrected chi connectivity index (χ2v) is 13.4. The number of rotatable bonds is 17. The Labute approximate surface area is 309 Å². The van der Waals surface area contributed by atoms with Gasteiger partial charge in [-0.2, -0.15) is 0 Å². The number of pyridine rings is 2. The molecular weight excluding hydrogens is 653 g/mol. The maximum absolute atomic E-state index is 5.93. The fraction of sp³-hybridized carbons (Fsp3) is 0.429. The van der Waals surface area contributed by atoms with Gasteiger partial charge >= 0.3 is 0 Å². The molecular formula is C42H54N6O4. The number of aromatic nitrogens is 2. The molecule has 0 atom stereocenters. The van der Waals surface area contributed by atoms with Crippen molar-refractivity contribution < 1.29 is 18.9 Å². The van der Waals surface area contributed by atoms with Crippen LogP contribution in [0.3, 0.4) is 0 Å². The maximum Gasteiger partial charge on any atom is 0.161 e. The van der Waals surface area contributed by atoms with E-state index in [1.807, 2.05) is 62.9 Å². The summed E-state index contributed by atoms with van der Waals surface area (Å²) in [6, 6.07) is 21.7. The Bertz CT molecular complexity index is 1680. The molecule has 2 aliphatic rings. The number of ether oxygens (including phenoxy) is 4. The number of likely N-dealkylation sites (tertiary alicyclic amines) is 2. The van der Waals surface area contributed by atoms with Gasteiger partial charge in [0.1, 0.15) is 6.61 Å². The topological polar surface area (TPSA) is 75.7 Å². The molecule has 276 valence electrons. The van der Waals surface area contributed by atoms with E-state index < -0.39 is 0 Å². The Kier molecular flexibility index (Phi) is 13.2. The minimum absolute atomic E-state index is 0.309. The molecule has 0 spiro atoms. The Balaban J connectivity index is 1.17. The molecule has 4 heterocycles. The van der Waals surface area contributed by atoms with Crippen molar-refractivity contribution in [3.63, 3.8) is 0 Å². The van der Waals surface area contributed by atoms with Crippen molar-refractivity contribution >= 4 is 11.4 Å². The second kappa shape index (κ2) is 18.6. The molecule has 2 aromatic heterocycles. The lowest BCUT2D eigenvalue weighted by molar-refractivity contribution is 0.183. The molecule has 52 heavy (non-hydrogen) atoms. The van der Waals surface area contributed by atoms with Crippen LogP contribution in [0.25, 0.3) is 0 Å². The average molecular weight is 707 g/mol. The van der Waals surface area contributed by atoms with Crippen LogP contribution in [0.1, 0.15) is 50.7 Å². The molecule has 0 bridgehead atoms. The zero-order chi connectivity index (χ0) is 36.1. The normalized spacial score (nSPS) is 15.9. The Morgan fingerprint density at radius 1 is 0.673 bits per heavy atom. The van der Waals surface area contributed by atoms with E-state index >= 15 is 0 Å². The molecule has 0 amide bonds. The van der Waals surface area contributed by atoms with Crippen molar-refractivity contribution in [2.75, 3.05) is 63.1 Å². The van der Waals surface area contributed by atoms with Crippen LogP contribution in [0.2, 0.25) is 0 Å². The number of hydrogen-bond donors (Lipinski definition) is 0. The maximum atomic E-state index is 5.93. The fourth-order valence-electron chi connectivity index (χ4n) is 7.44. The highest BCUT2D eigenvalue weighted by Crippen LogP contribution is 2.35. The van der Waals surface area contributed by atoms with Gasteiger partial charge in [0.25, 0.3) is 0 Å². The molecule has 0 saturated carbocycles. The number of methoxy groups -OCH3 is 1. The first-order valence-corrected chi connectivity index (χ1v) is 18.7. The number of benzene rings is 2. The summed E-state index contributed by atoms with van der Waals surface area (Å²) in [7, 11) is 1.69. The van der Waals surface area contributed by atoms with Gasteiger partial charge in [-0.15, -0.1) is 0 Å². The zero-order valence-electron chi connectivity index (χ0n) is 31.0. The summed E-state index contributed by atoms with van der Waals surface area (Å²) in [6.07, 6.45) is 13.6. The molecule has 10 heteroatoms. The molecule has 2 saturated heterocycles. The lowest BCUT2D eigenvalue weighted by Gasteiger charge is -2.50. The molecule has 0 aliphatic carbocycles. The summed E-state index contributed by atoms with van der Waals surface area (Å²) >= 11 is 0.